The number of thiol groups is 1. The van der Waals surface area contributed by atoms with Gasteiger partial charge in [-0.2, -0.15) is 12.6 Å². The summed E-state index contributed by atoms with van der Waals surface area (Å²) < 4.78 is 10.3. The van der Waals surface area contributed by atoms with Gasteiger partial charge in [-0.15, -0.1) is 0 Å². The summed E-state index contributed by atoms with van der Waals surface area (Å²) in [6, 6.07) is 5.37. The van der Waals surface area contributed by atoms with Crippen molar-refractivity contribution in [3.05, 3.63) is 29.8 Å². The molecule has 1 aromatic carbocycles. The Morgan fingerprint density at radius 1 is 1.00 bits per heavy atom. The van der Waals surface area contributed by atoms with Crippen molar-refractivity contribution in [1.82, 2.24) is 16.0 Å². The van der Waals surface area contributed by atoms with E-state index in [2.05, 4.69) is 28.6 Å². The van der Waals surface area contributed by atoms with Crippen LogP contribution >= 0.6 is 12.6 Å². The predicted octanol–water partition coefficient (Wildman–Crippen LogP) is 1.60. The molecule has 3 atom stereocenters. The minimum atomic E-state index is -0.916. The van der Waals surface area contributed by atoms with E-state index in [1.165, 1.54) is 0 Å². The Bertz CT molecular complexity index is 886. The Kier molecular flexibility index (Phi) is 12.8. The molecule has 202 valence electrons. The van der Waals surface area contributed by atoms with E-state index < -0.39 is 40.8 Å². The smallest absolute Gasteiger partial charge is 0.407 e. The molecular formula is C25H40N4O6S. The summed E-state index contributed by atoms with van der Waals surface area (Å²) >= 11 is 4.25. The van der Waals surface area contributed by atoms with Crippen LogP contribution in [-0.2, 0) is 25.5 Å². The van der Waals surface area contributed by atoms with Gasteiger partial charge in [0.05, 0.1) is 24.9 Å². The maximum absolute atomic E-state index is 13.1. The second-order valence-corrected chi connectivity index (χ2v) is 10.5. The molecule has 0 radical (unpaired) electrons. The highest BCUT2D eigenvalue weighted by atomic mass is 32.1. The number of alkyl carbamates (subject to hydrolysis) is 1. The molecule has 11 heteroatoms. The van der Waals surface area contributed by atoms with E-state index in [4.69, 9.17) is 15.2 Å². The van der Waals surface area contributed by atoms with Gasteiger partial charge in [-0.3, -0.25) is 14.4 Å². The van der Waals surface area contributed by atoms with Gasteiger partial charge in [0.15, 0.2) is 5.78 Å². The van der Waals surface area contributed by atoms with Crippen LogP contribution in [0, 0.1) is 5.92 Å². The van der Waals surface area contributed by atoms with Crippen molar-refractivity contribution in [2.45, 2.75) is 70.4 Å². The van der Waals surface area contributed by atoms with Crippen molar-refractivity contribution in [2.24, 2.45) is 11.7 Å². The standard InChI is InChI=1S/C25H40N4O6S/c1-15(2)11-19(29-23(32)21(36)14-27-24(33)35-25(3,4)5)22(31)28-18(20(30)13-26)12-16-7-9-17(34-6)10-8-16/h7-10,15,18-19,21,36H,11-14,26H2,1-6H3,(H,27,33)(H,28,31)(H,29,32)/t18-,19-,21+/m0/s1. The molecule has 5 N–H and O–H groups in total. The lowest BCUT2D eigenvalue weighted by molar-refractivity contribution is -0.131. The number of nitrogens with two attached hydrogens (primary N) is 1. The van der Waals surface area contributed by atoms with Crippen molar-refractivity contribution in [3.8, 4) is 5.75 Å². The first kappa shape index (κ1) is 31.2. The Labute approximate surface area is 218 Å². The molecule has 1 rings (SSSR count). The monoisotopic (exact) mass is 524 g/mol. The molecule has 0 heterocycles. The third kappa shape index (κ3) is 11.8. The number of amides is 3. The van der Waals surface area contributed by atoms with E-state index in [9.17, 15) is 19.2 Å². The lowest BCUT2D eigenvalue weighted by Crippen LogP contribution is -2.55. The lowest BCUT2D eigenvalue weighted by atomic mass is 9.99. The number of Topliss-reactive ketones (excluding diaryl/α,β-unsaturated/α-hetero) is 1. The van der Waals surface area contributed by atoms with Crippen molar-refractivity contribution < 1.29 is 28.7 Å². The van der Waals surface area contributed by atoms with Gasteiger partial charge >= 0.3 is 6.09 Å². The Hall–Kier alpha value is -2.79. The Balaban J connectivity index is 2.85. The molecule has 3 amide bonds. The third-order valence-corrected chi connectivity index (χ3v) is 5.40. The van der Waals surface area contributed by atoms with Gasteiger partial charge in [-0.1, -0.05) is 26.0 Å². The molecule has 36 heavy (non-hydrogen) atoms. The summed E-state index contributed by atoms with van der Waals surface area (Å²) in [5.41, 5.74) is 5.71. The molecule has 0 spiro atoms. The maximum atomic E-state index is 13.1. The van der Waals surface area contributed by atoms with E-state index >= 15 is 0 Å². The first-order valence-corrected chi connectivity index (χ1v) is 12.4. The summed E-state index contributed by atoms with van der Waals surface area (Å²) in [4.78, 5) is 50.2. The van der Waals surface area contributed by atoms with Gasteiger partial charge in [-0.25, -0.2) is 4.79 Å². The van der Waals surface area contributed by atoms with Crippen molar-refractivity contribution in [3.63, 3.8) is 0 Å². The minimum Gasteiger partial charge on any atom is -0.497 e. The van der Waals surface area contributed by atoms with Crippen molar-refractivity contribution in [1.29, 1.82) is 0 Å². The van der Waals surface area contributed by atoms with E-state index in [1.807, 2.05) is 13.8 Å². The molecule has 0 aliphatic rings. The number of carbonyl (C=O) groups is 4. The highest BCUT2D eigenvalue weighted by molar-refractivity contribution is 7.81. The highest BCUT2D eigenvalue weighted by Crippen LogP contribution is 2.14. The van der Waals surface area contributed by atoms with Gasteiger partial charge in [0.1, 0.15) is 17.4 Å². The number of benzene rings is 1. The topological polar surface area (TPSA) is 149 Å². The van der Waals surface area contributed by atoms with Crippen LogP contribution in [0.4, 0.5) is 4.79 Å². The number of nitrogens with one attached hydrogen (secondary N) is 3. The first-order chi connectivity index (χ1) is 16.7. The fourth-order valence-electron chi connectivity index (χ4n) is 3.21. The summed E-state index contributed by atoms with van der Waals surface area (Å²) in [6.07, 6.45) is -0.0975. The number of rotatable bonds is 13. The largest absolute Gasteiger partial charge is 0.497 e. The van der Waals surface area contributed by atoms with Crippen LogP contribution in [-0.4, -0.2) is 66.8 Å². The van der Waals surface area contributed by atoms with E-state index in [1.54, 1.807) is 52.1 Å². The number of ketones is 1. The summed E-state index contributed by atoms with van der Waals surface area (Å²) in [6.45, 7) is 8.67. The predicted molar refractivity (Wildman–Crippen MR) is 141 cm³/mol. The molecule has 0 aliphatic carbocycles. The SMILES string of the molecule is COc1ccc(C[C@H](NC(=O)[C@H](CC(C)C)NC(=O)[C@H](S)CNC(=O)OC(C)(C)C)C(=O)CN)cc1. The second kappa shape index (κ2) is 14.7. The molecule has 0 aliphatic heterocycles. The van der Waals surface area contributed by atoms with Crippen LogP contribution in [0.5, 0.6) is 5.75 Å². The van der Waals surface area contributed by atoms with Crippen LogP contribution in [0.3, 0.4) is 0 Å². The molecule has 0 unspecified atom stereocenters. The molecule has 0 bridgehead atoms. The van der Waals surface area contributed by atoms with E-state index in [0.29, 0.717) is 12.2 Å². The number of carbonyl (C=O) groups excluding carboxylic acids is 4. The number of hydrogen-bond donors (Lipinski definition) is 5. The van der Waals surface area contributed by atoms with Gasteiger partial charge in [-0.05, 0) is 57.2 Å². The fourth-order valence-corrected chi connectivity index (χ4v) is 3.38. The van der Waals surface area contributed by atoms with Gasteiger partial charge in [0, 0.05) is 6.54 Å². The van der Waals surface area contributed by atoms with Crippen molar-refractivity contribution >= 4 is 36.3 Å². The van der Waals surface area contributed by atoms with Crippen LogP contribution in [0.25, 0.3) is 0 Å². The van der Waals surface area contributed by atoms with Crippen LogP contribution in [0.15, 0.2) is 24.3 Å². The molecule has 0 saturated heterocycles. The van der Waals surface area contributed by atoms with Crippen LogP contribution in [0.2, 0.25) is 0 Å². The number of hydrogen-bond acceptors (Lipinski definition) is 8. The molecule has 0 fully saturated rings. The maximum Gasteiger partial charge on any atom is 0.407 e. The number of methoxy groups -OCH3 is 1. The molecule has 10 nitrogen and oxygen atoms in total. The number of ether oxygens (including phenoxy) is 2. The Morgan fingerprint density at radius 2 is 1.58 bits per heavy atom. The molecule has 0 saturated carbocycles. The zero-order valence-corrected chi connectivity index (χ0v) is 22.8. The minimum absolute atomic E-state index is 0.0737. The highest BCUT2D eigenvalue weighted by Gasteiger charge is 2.29. The molecular weight excluding hydrogens is 484 g/mol. The van der Waals surface area contributed by atoms with Crippen LogP contribution in [0.1, 0.15) is 46.6 Å². The van der Waals surface area contributed by atoms with Crippen LogP contribution < -0.4 is 26.4 Å². The van der Waals surface area contributed by atoms with Gasteiger partial charge < -0.3 is 31.2 Å². The molecule has 0 aromatic heterocycles. The average Bonchev–Trinajstić information content (AvgIpc) is 2.80. The van der Waals surface area contributed by atoms with Gasteiger partial charge in [0.25, 0.3) is 0 Å². The zero-order valence-electron chi connectivity index (χ0n) is 21.9. The second-order valence-electron chi connectivity index (χ2n) is 9.87. The molecule has 1 aromatic rings. The van der Waals surface area contributed by atoms with E-state index in [-0.39, 0.29) is 31.2 Å². The summed E-state index contributed by atoms with van der Waals surface area (Å²) in [5, 5.41) is 6.99. The zero-order chi connectivity index (χ0) is 27.5. The lowest BCUT2D eigenvalue weighted by Gasteiger charge is -2.25. The summed E-state index contributed by atoms with van der Waals surface area (Å²) in [7, 11) is 1.56. The van der Waals surface area contributed by atoms with Gasteiger partial charge in [0.2, 0.25) is 11.8 Å². The average molecular weight is 525 g/mol. The quantitative estimate of drug-likeness (QED) is 0.246. The summed E-state index contributed by atoms with van der Waals surface area (Å²) in [5.74, 6) is -0.622. The normalized spacial score (nSPS) is 13.8. The van der Waals surface area contributed by atoms with Crippen molar-refractivity contribution in [2.75, 3.05) is 20.2 Å². The van der Waals surface area contributed by atoms with E-state index in [0.717, 1.165) is 5.56 Å². The Morgan fingerprint density at radius 3 is 2.08 bits per heavy atom. The fraction of sp³-hybridized carbons (Fsp3) is 0.600. The third-order valence-electron chi connectivity index (χ3n) is 4.99. The first-order valence-electron chi connectivity index (χ1n) is 11.9.